The molecule has 0 atom stereocenters. The number of nitrogens with one attached hydrogen (secondary N) is 1. The second-order valence-corrected chi connectivity index (χ2v) is 8.34. The molecule has 5 nitrogen and oxygen atoms in total. The molecule has 0 saturated carbocycles. The molecule has 158 valence electrons. The Kier molecular flexibility index (Phi) is 5.82. The first kappa shape index (κ1) is 20.5. The van der Waals surface area contributed by atoms with Gasteiger partial charge >= 0.3 is 0 Å². The monoisotopic (exact) mass is 405 g/mol. The van der Waals surface area contributed by atoms with Crippen LogP contribution in [0.2, 0.25) is 0 Å². The van der Waals surface area contributed by atoms with Gasteiger partial charge in [-0.15, -0.1) is 0 Å². The van der Waals surface area contributed by atoms with Crippen molar-refractivity contribution in [3.8, 4) is 0 Å². The Labute approximate surface area is 178 Å². The van der Waals surface area contributed by atoms with Crippen molar-refractivity contribution >= 4 is 28.3 Å². The van der Waals surface area contributed by atoms with Crippen LogP contribution < -0.4 is 10.2 Å². The number of anilines is 2. The van der Waals surface area contributed by atoms with E-state index in [1.807, 2.05) is 12.1 Å². The third kappa shape index (κ3) is 4.21. The summed E-state index contributed by atoms with van der Waals surface area (Å²) in [5.41, 5.74) is 7.35. The maximum absolute atomic E-state index is 12.7. The molecule has 1 amide bonds. The highest BCUT2D eigenvalue weighted by atomic mass is 16.3. The van der Waals surface area contributed by atoms with Crippen molar-refractivity contribution in [1.29, 1.82) is 0 Å². The summed E-state index contributed by atoms with van der Waals surface area (Å²) in [5.74, 6) is -0.0247. The second kappa shape index (κ2) is 8.52. The van der Waals surface area contributed by atoms with E-state index in [-0.39, 0.29) is 5.91 Å². The van der Waals surface area contributed by atoms with E-state index in [2.05, 4.69) is 61.0 Å². The van der Waals surface area contributed by atoms with E-state index in [0.717, 1.165) is 60.5 Å². The maximum Gasteiger partial charge on any atom is 0.228 e. The number of carbonyl (C=O) groups is 1. The summed E-state index contributed by atoms with van der Waals surface area (Å²) < 4.78 is 5.67. The molecule has 1 aromatic heterocycles. The van der Waals surface area contributed by atoms with Crippen LogP contribution in [0.5, 0.6) is 0 Å². The highest BCUT2D eigenvalue weighted by Crippen LogP contribution is 2.27. The second-order valence-electron chi connectivity index (χ2n) is 8.34. The van der Waals surface area contributed by atoms with Crippen molar-refractivity contribution in [1.82, 2.24) is 4.90 Å². The molecule has 0 spiro atoms. The van der Waals surface area contributed by atoms with Crippen molar-refractivity contribution in [3.05, 3.63) is 58.8 Å². The minimum absolute atomic E-state index is 0.0247. The van der Waals surface area contributed by atoms with Gasteiger partial charge in [-0.2, -0.15) is 0 Å². The van der Waals surface area contributed by atoms with Crippen LogP contribution in [-0.4, -0.2) is 43.5 Å². The molecule has 0 radical (unpaired) electrons. The topological polar surface area (TPSA) is 48.7 Å². The summed E-state index contributed by atoms with van der Waals surface area (Å²) in [6.45, 7) is 13.8. The standard InChI is InChI=1S/C25H31N3O2/c1-5-27-8-10-28(11-9-27)21-6-7-23(19(4)12-21)26-25(29)15-20-16-30-24-14-18(3)17(2)13-22(20)24/h6-7,12-14,16H,5,8-11,15H2,1-4H3,(H,26,29). The number of amides is 1. The molecule has 4 rings (SSSR count). The summed E-state index contributed by atoms with van der Waals surface area (Å²) in [5, 5.41) is 4.10. The summed E-state index contributed by atoms with van der Waals surface area (Å²) in [4.78, 5) is 17.6. The SMILES string of the molecule is CCN1CCN(c2ccc(NC(=O)Cc3coc4cc(C)c(C)cc34)c(C)c2)CC1. The molecule has 2 heterocycles. The Hall–Kier alpha value is -2.79. The molecular formula is C25H31N3O2. The first-order valence-electron chi connectivity index (χ1n) is 10.8. The number of benzene rings is 2. The normalized spacial score (nSPS) is 15.0. The van der Waals surface area contributed by atoms with E-state index < -0.39 is 0 Å². The highest BCUT2D eigenvalue weighted by molar-refractivity contribution is 5.96. The average molecular weight is 406 g/mol. The Balaban J connectivity index is 1.43. The average Bonchev–Trinajstić information content (AvgIpc) is 3.11. The van der Waals surface area contributed by atoms with Gasteiger partial charge < -0.3 is 19.5 Å². The Morgan fingerprint density at radius 3 is 2.43 bits per heavy atom. The molecule has 5 heteroatoms. The number of hydrogen-bond acceptors (Lipinski definition) is 4. The van der Waals surface area contributed by atoms with Gasteiger partial charge in [-0.3, -0.25) is 4.79 Å². The number of aryl methyl sites for hydroxylation is 3. The van der Waals surface area contributed by atoms with Gasteiger partial charge in [0, 0.05) is 48.5 Å². The van der Waals surface area contributed by atoms with E-state index >= 15 is 0 Å². The van der Waals surface area contributed by atoms with Crippen molar-refractivity contribution in [2.75, 3.05) is 42.9 Å². The Bertz CT molecular complexity index is 1060. The summed E-state index contributed by atoms with van der Waals surface area (Å²) in [6.07, 6.45) is 2.00. The molecule has 0 aliphatic carbocycles. The minimum Gasteiger partial charge on any atom is -0.464 e. The first-order chi connectivity index (χ1) is 14.4. The maximum atomic E-state index is 12.7. The van der Waals surface area contributed by atoms with Gasteiger partial charge in [0.2, 0.25) is 5.91 Å². The number of furan rings is 1. The zero-order valence-corrected chi connectivity index (χ0v) is 18.4. The molecule has 30 heavy (non-hydrogen) atoms. The quantitative estimate of drug-likeness (QED) is 0.670. The van der Waals surface area contributed by atoms with Crippen LogP contribution in [0.3, 0.4) is 0 Å². The van der Waals surface area contributed by atoms with Crippen LogP contribution >= 0.6 is 0 Å². The van der Waals surface area contributed by atoms with E-state index in [1.54, 1.807) is 6.26 Å². The molecule has 1 fully saturated rings. The summed E-state index contributed by atoms with van der Waals surface area (Å²) >= 11 is 0. The molecule has 1 saturated heterocycles. The third-order valence-corrected chi connectivity index (χ3v) is 6.29. The van der Waals surface area contributed by atoms with E-state index in [1.165, 1.54) is 16.8 Å². The van der Waals surface area contributed by atoms with Crippen LogP contribution in [0.4, 0.5) is 11.4 Å². The number of hydrogen-bond donors (Lipinski definition) is 1. The van der Waals surface area contributed by atoms with E-state index in [0.29, 0.717) is 6.42 Å². The molecule has 3 aromatic rings. The molecule has 2 aromatic carbocycles. The fraction of sp³-hybridized carbons (Fsp3) is 0.400. The molecule has 1 aliphatic heterocycles. The fourth-order valence-corrected chi connectivity index (χ4v) is 4.15. The van der Waals surface area contributed by atoms with E-state index in [4.69, 9.17) is 4.42 Å². The molecule has 1 N–H and O–H groups in total. The Morgan fingerprint density at radius 1 is 1.00 bits per heavy atom. The fourth-order valence-electron chi connectivity index (χ4n) is 4.15. The largest absolute Gasteiger partial charge is 0.464 e. The van der Waals surface area contributed by atoms with Crippen LogP contribution in [0.1, 0.15) is 29.2 Å². The first-order valence-corrected chi connectivity index (χ1v) is 10.8. The lowest BCUT2D eigenvalue weighted by atomic mass is 10.0. The zero-order valence-electron chi connectivity index (χ0n) is 18.4. The molecule has 0 bridgehead atoms. The van der Waals surface area contributed by atoms with E-state index in [9.17, 15) is 4.79 Å². The van der Waals surface area contributed by atoms with Gasteiger partial charge in [-0.25, -0.2) is 0 Å². The predicted molar refractivity (Wildman–Crippen MR) is 124 cm³/mol. The molecule has 1 aliphatic rings. The number of rotatable bonds is 5. The predicted octanol–water partition coefficient (Wildman–Crippen LogP) is 4.68. The lowest BCUT2D eigenvalue weighted by molar-refractivity contribution is -0.115. The van der Waals surface area contributed by atoms with Crippen LogP contribution in [0.15, 0.2) is 41.0 Å². The van der Waals surface area contributed by atoms with Gasteiger partial charge in [0.15, 0.2) is 0 Å². The lowest BCUT2D eigenvalue weighted by Crippen LogP contribution is -2.46. The highest BCUT2D eigenvalue weighted by Gasteiger charge is 2.17. The van der Waals surface area contributed by atoms with Gasteiger partial charge in [0.25, 0.3) is 0 Å². The van der Waals surface area contributed by atoms with Crippen molar-refractivity contribution < 1.29 is 9.21 Å². The van der Waals surface area contributed by atoms with Crippen LogP contribution in [0.25, 0.3) is 11.0 Å². The smallest absolute Gasteiger partial charge is 0.228 e. The van der Waals surface area contributed by atoms with Gasteiger partial charge in [0.05, 0.1) is 12.7 Å². The number of nitrogens with zero attached hydrogens (tertiary/aromatic N) is 2. The van der Waals surface area contributed by atoms with Crippen molar-refractivity contribution in [3.63, 3.8) is 0 Å². The van der Waals surface area contributed by atoms with Crippen molar-refractivity contribution in [2.45, 2.75) is 34.1 Å². The number of fused-ring (bicyclic) bond motifs is 1. The third-order valence-electron chi connectivity index (χ3n) is 6.29. The molecular weight excluding hydrogens is 374 g/mol. The van der Waals surface area contributed by atoms with Crippen LogP contribution in [-0.2, 0) is 11.2 Å². The summed E-state index contributed by atoms with van der Waals surface area (Å²) in [6, 6.07) is 10.5. The van der Waals surface area contributed by atoms with Crippen LogP contribution in [0, 0.1) is 20.8 Å². The number of piperazine rings is 1. The lowest BCUT2D eigenvalue weighted by Gasteiger charge is -2.35. The molecule has 0 unspecified atom stereocenters. The van der Waals surface area contributed by atoms with Gasteiger partial charge in [-0.1, -0.05) is 6.92 Å². The number of likely N-dealkylation sites (N-methyl/N-ethyl adjacent to an activating group) is 1. The van der Waals surface area contributed by atoms with Gasteiger partial charge in [0.1, 0.15) is 5.58 Å². The minimum atomic E-state index is -0.0247. The zero-order chi connectivity index (χ0) is 21.3. The van der Waals surface area contributed by atoms with Gasteiger partial charge in [-0.05, 0) is 74.3 Å². The van der Waals surface area contributed by atoms with Crippen molar-refractivity contribution in [2.24, 2.45) is 0 Å². The summed E-state index contributed by atoms with van der Waals surface area (Å²) in [7, 11) is 0. The Morgan fingerprint density at radius 2 is 1.73 bits per heavy atom. The number of carbonyl (C=O) groups excluding carboxylic acids is 1.